The zero-order valence-electron chi connectivity index (χ0n) is 10.7. The highest BCUT2D eigenvalue weighted by molar-refractivity contribution is 7.91. The molecule has 0 spiro atoms. The Balaban J connectivity index is 2.30. The van der Waals surface area contributed by atoms with Gasteiger partial charge in [0.1, 0.15) is 5.76 Å². The van der Waals surface area contributed by atoms with Crippen molar-refractivity contribution in [2.75, 3.05) is 7.05 Å². The van der Waals surface area contributed by atoms with Crippen molar-refractivity contribution in [3.63, 3.8) is 0 Å². The number of hydrogen-bond donors (Lipinski definition) is 0. The van der Waals surface area contributed by atoms with Crippen LogP contribution in [0.4, 0.5) is 0 Å². The van der Waals surface area contributed by atoms with Gasteiger partial charge in [-0.25, -0.2) is 13.4 Å². The minimum Gasteiger partial charge on any atom is -0.469 e. The maximum absolute atomic E-state index is 12.4. The van der Waals surface area contributed by atoms with E-state index in [0.717, 1.165) is 16.9 Å². The Kier molecular flexibility index (Phi) is 4.00. The van der Waals surface area contributed by atoms with Gasteiger partial charge in [0.15, 0.2) is 8.68 Å². The normalized spacial score (nSPS) is 12.3. The van der Waals surface area contributed by atoms with E-state index in [0.29, 0.717) is 11.5 Å². The first kappa shape index (κ1) is 14.5. The minimum absolute atomic E-state index is 0.182. The number of furan rings is 1. The molecular formula is C11H13ClN2O3S2. The molecule has 2 rings (SSSR count). The molecule has 0 atom stereocenters. The maximum atomic E-state index is 12.4. The highest BCUT2D eigenvalue weighted by Crippen LogP contribution is 2.29. The van der Waals surface area contributed by atoms with E-state index in [1.165, 1.54) is 11.4 Å². The number of aromatic nitrogens is 1. The molecule has 0 radical (unpaired) electrons. The summed E-state index contributed by atoms with van der Waals surface area (Å²) in [4.78, 5) is 3.93. The van der Waals surface area contributed by atoms with Gasteiger partial charge in [-0.15, -0.1) is 0 Å². The molecule has 0 N–H and O–H groups in total. The summed E-state index contributed by atoms with van der Waals surface area (Å²) in [5.74, 6) is 0.709. The third kappa shape index (κ3) is 2.84. The van der Waals surface area contributed by atoms with Crippen LogP contribution in [0.2, 0.25) is 4.47 Å². The summed E-state index contributed by atoms with van der Waals surface area (Å²) >= 11 is 6.72. The number of thiazole rings is 1. The molecule has 0 saturated carbocycles. The Morgan fingerprint density at radius 1 is 1.47 bits per heavy atom. The van der Waals surface area contributed by atoms with Gasteiger partial charge in [0.25, 0.3) is 10.0 Å². The highest BCUT2D eigenvalue weighted by atomic mass is 35.5. The van der Waals surface area contributed by atoms with Crippen molar-refractivity contribution in [3.8, 4) is 0 Å². The molecule has 2 aromatic rings. The zero-order chi connectivity index (χ0) is 14.2. The molecule has 0 bridgehead atoms. The van der Waals surface area contributed by atoms with Gasteiger partial charge in [-0.2, -0.15) is 4.31 Å². The fourth-order valence-electron chi connectivity index (χ4n) is 1.63. The molecule has 0 aliphatic carbocycles. The third-order valence-electron chi connectivity index (χ3n) is 2.73. The van der Waals surface area contributed by atoms with Crippen molar-refractivity contribution in [2.24, 2.45) is 0 Å². The number of hydrogen-bond acceptors (Lipinski definition) is 5. The summed E-state index contributed by atoms with van der Waals surface area (Å²) in [6.07, 6.45) is 1.54. The largest absolute Gasteiger partial charge is 0.469 e. The molecule has 5 nitrogen and oxygen atoms in total. The topological polar surface area (TPSA) is 63.4 Å². The van der Waals surface area contributed by atoms with Gasteiger partial charge in [-0.3, -0.25) is 0 Å². The third-order valence-corrected chi connectivity index (χ3v) is 6.38. The van der Waals surface area contributed by atoms with Crippen LogP contribution in [0.15, 0.2) is 21.0 Å². The quantitative estimate of drug-likeness (QED) is 0.869. The van der Waals surface area contributed by atoms with Gasteiger partial charge >= 0.3 is 0 Å². The lowest BCUT2D eigenvalue weighted by Crippen LogP contribution is -2.26. The van der Waals surface area contributed by atoms with Crippen LogP contribution in [0.3, 0.4) is 0 Å². The smallest absolute Gasteiger partial charge is 0.254 e. The summed E-state index contributed by atoms with van der Waals surface area (Å²) in [5, 5.41) is 0. The van der Waals surface area contributed by atoms with Gasteiger partial charge in [0, 0.05) is 19.2 Å². The predicted octanol–water partition coefficient (Wildman–Crippen LogP) is 2.83. The fraction of sp³-hybridized carbons (Fsp3) is 0.364. The molecule has 0 fully saturated rings. The average Bonchev–Trinajstić information content (AvgIpc) is 2.86. The summed E-state index contributed by atoms with van der Waals surface area (Å²) < 4.78 is 31.7. The Hall–Kier alpha value is -0.890. The Morgan fingerprint density at radius 3 is 2.63 bits per heavy atom. The van der Waals surface area contributed by atoms with Crippen LogP contribution in [0, 0.1) is 13.8 Å². The first-order valence-electron chi connectivity index (χ1n) is 5.44. The van der Waals surface area contributed by atoms with Crippen molar-refractivity contribution >= 4 is 33.0 Å². The van der Waals surface area contributed by atoms with Gasteiger partial charge in [0.2, 0.25) is 0 Å². The summed E-state index contributed by atoms with van der Waals surface area (Å²) in [6.45, 7) is 3.68. The standard InChI is InChI=1S/C11H13ClN2O3S2/c1-7-10(18-11(12)13-7)19(15,16)14(3)6-9-4-5-17-8(9)2/h4-5H,6H2,1-3H3. The maximum Gasteiger partial charge on any atom is 0.254 e. The molecule has 0 saturated heterocycles. The summed E-state index contributed by atoms with van der Waals surface area (Å²) in [6, 6.07) is 1.76. The lowest BCUT2D eigenvalue weighted by molar-refractivity contribution is 0.460. The lowest BCUT2D eigenvalue weighted by atomic mass is 10.3. The molecule has 8 heteroatoms. The van der Waals surface area contributed by atoms with Gasteiger partial charge in [-0.05, 0) is 19.9 Å². The fourth-order valence-corrected chi connectivity index (χ4v) is 4.71. The van der Waals surface area contributed by atoms with E-state index >= 15 is 0 Å². The van der Waals surface area contributed by atoms with Crippen LogP contribution in [0.5, 0.6) is 0 Å². The van der Waals surface area contributed by atoms with E-state index in [4.69, 9.17) is 16.0 Å². The van der Waals surface area contributed by atoms with Crippen LogP contribution in [-0.4, -0.2) is 24.8 Å². The molecule has 2 aromatic heterocycles. The SMILES string of the molecule is Cc1nc(Cl)sc1S(=O)(=O)N(C)Cc1ccoc1C. The first-order chi connectivity index (χ1) is 8.82. The van der Waals surface area contributed by atoms with Crippen molar-refractivity contribution < 1.29 is 12.8 Å². The second-order valence-corrected chi connectivity index (χ2v) is 7.92. The average molecular weight is 321 g/mol. The van der Waals surface area contributed by atoms with Crippen LogP contribution in [-0.2, 0) is 16.6 Å². The molecule has 19 heavy (non-hydrogen) atoms. The summed E-state index contributed by atoms with van der Waals surface area (Å²) in [7, 11) is -2.06. The predicted molar refractivity (Wildman–Crippen MR) is 74.0 cm³/mol. The van der Waals surface area contributed by atoms with Crippen LogP contribution >= 0.6 is 22.9 Å². The zero-order valence-corrected chi connectivity index (χ0v) is 13.1. The van der Waals surface area contributed by atoms with Crippen LogP contribution < -0.4 is 0 Å². The Bertz CT molecular complexity index is 691. The molecule has 0 aliphatic rings. The minimum atomic E-state index is -3.58. The van der Waals surface area contributed by atoms with Gasteiger partial charge in [0.05, 0.1) is 12.0 Å². The van der Waals surface area contributed by atoms with Gasteiger partial charge < -0.3 is 4.42 Å². The van der Waals surface area contributed by atoms with Crippen molar-refractivity contribution in [2.45, 2.75) is 24.6 Å². The van der Waals surface area contributed by atoms with E-state index < -0.39 is 10.0 Å². The molecule has 0 aromatic carbocycles. The second-order valence-electron chi connectivity index (χ2n) is 4.10. The number of halogens is 1. The van der Waals surface area contributed by atoms with Gasteiger partial charge in [-0.1, -0.05) is 22.9 Å². The van der Waals surface area contributed by atoms with Crippen molar-refractivity contribution in [1.29, 1.82) is 0 Å². The van der Waals surface area contributed by atoms with E-state index in [1.54, 1.807) is 26.2 Å². The van der Waals surface area contributed by atoms with E-state index in [9.17, 15) is 8.42 Å². The number of sulfonamides is 1. The second kappa shape index (κ2) is 5.24. The molecule has 0 aliphatic heterocycles. The molecular weight excluding hydrogens is 308 g/mol. The number of rotatable bonds is 4. The Morgan fingerprint density at radius 2 is 2.16 bits per heavy atom. The first-order valence-corrected chi connectivity index (χ1v) is 8.08. The summed E-state index contributed by atoms with van der Waals surface area (Å²) in [5.41, 5.74) is 1.25. The molecule has 0 unspecified atom stereocenters. The van der Waals surface area contributed by atoms with Crippen LogP contribution in [0.1, 0.15) is 17.0 Å². The van der Waals surface area contributed by atoms with Crippen molar-refractivity contribution in [1.82, 2.24) is 9.29 Å². The van der Waals surface area contributed by atoms with E-state index in [-0.39, 0.29) is 15.2 Å². The Labute approximate surface area is 120 Å². The van der Waals surface area contributed by atoms with Crippen LogP contribution in [0.25, 0.3) is 0 Å². The molecule has 104 valence electrons. The number of aryl methyl sites for hydroxylation is 2. The molecule has 0 amide bonds. The highest BCUT2D eigenvalue weighted by Gasteiger charge is 2.27. The number of nitrogens with zero attached hydrogens (tertiary/aromatic N) is 2. The van der Waals surface area contributed by atoms with E-state index in [1.807, 2.05) is 0 Å². The monoisotopic (exact) mass is 320 g/mol. The lowest BCUT2D eigenvalue weighted by Gasteiger charge is -2.15. The van der Waals surface area contributed by atoms with Crippen molar-refractivity contribution in [3.05, 3.63) is 33.8 Å². The molecule has 2 heterocycles. The van der Waals surface area contributed by atoms with E-state index in [2.05, 4.69) is 4.98 Å².